The summed E-state index contributed by atoms with van der Waals surface area (Å²) in [6, 6.07) is 7.20. The van der Waals surface area contributed by atoms with E-state index in [1.807, 2.05) is 24.3 Å². The van der Waals surface area contributed by atoms with Crippen LogP contribution < -0.4 is 19.1 Å². The van der Waals surface area contributed by atoms with E-state index in [1.165, 1.54) is 36.7 Å². The van der Waals surface area contributed by atoms with Gasteiger partial charge in [0.15, 0.2) is 5.75 Å². The maximum Gasteiger partial charge on any atom is 0.339 e. The smallest absolute Gasteiger partial charge is 0.339 e. The maximum atomic E-state index is 12.2. The molecule has 0 spiro atoms. The third-order valence-electron chi connectivity index (χ3n) is 2.81. The summed E-state index contributed by atoms with van der Waals surface area (Å²) >= 11 is 1.25. The number of amides is 2. The summed E-state index contributed by atoms with van der Waals surface area (Å²) in [5.74, 6) is 0.906. The minimum atomic E-state index is -0.314. The number of nitrogens with one attached hydrogen (secondary N) is 1. The Balaban J connectivity index is 1.96. The molecule has 1 aliphatic rings. The molecule has 0 saturated carbocycles. The number of hydrogen-bond donors (Lipinski definition) is 1. The first-order chi connectivity index (χ1) is 10.2. The van der Waals surface area contributed by atoms with Gasteiger partial charge in [-0.1, -0.05) is 12.1 Å². The first kappa shape index (κ1) is 13.5. The Morgan fingerprint density at radius 1 is 1.24 bits per heavy atom. The largest absolute Gasteiger partial charge is 0.490 e. The van der Waals surface area contributed by atoms with Gasteiger partial charge in [-0.05, 0) is 12.1 Å². The predicted octanol–water partition coefficient (Wildman–Crippen LogP) is 2.55. The highest BCUT2D eigenvalue weighted by Gasteiger charge is 2.27. The third kappa shape index (κ3) is 2.45. The van der Waals surface area contributed by atoms with Gasteiger partial charge in [0.25, 0.3) is 5.88 Å². The number of rotatable bonds is 3. The molecule has 2 aromatic rings. The Morgan fingerprint density at radius 2 is 2.05 bits per heavy atom. The monoisotopic (exact) mass is 304 g/mol. The quantitative estimate of drug-likeness (QED) is 0.878. The number of carbonyl (C=O) groups excluding carboxylic acids is 1. The number of anilines is 2. The molecule has 0 atom stereocenters. The molecule has 7 nitrogen and oxygen atoms in total. The van der Waals surface area contributed by atoms with Crippen LogP contribution in [0.2, 0.25) is 0 Å². The van der Waals surface area contributed by atoms with Crippen LogP contribution in [-0.2, 0) is 0 Å². The zero-order valence-electron chi connectivity index (χ0n) is 11.4. The predicted molar refractivity (Wildman–Crippen MR) is 78.9 cm³/mol. The van der Waals surface area contributed by atoms with Gasteiger partial charge >= 0.3 is 6.03 Å². The van der Waals surface area contributed by atoms with Crippen molar-refractivity contribution in [1.29, 1.82) is 0 Å². The standard InChI is InChI=1S/C13H12N4O3S/c1-19-9-7-14-12(16-11(9)20-2)17-13(18)15-8-5-3-4-6-10(8)21-17/h3-7H,1-2H3,(H,15,18). The van der Waals surface area contributed by atoms with Crippen molar-refractivity contribution in [2.45, 2.75) is 4.90 Å². The molecule has 0 radical (unpaired) electrons. The van der Waals surface area contributed by atoms with Gasteiger partial charge in [-0.25, -0.2) is 9.78 Å². The van der Waals surface area contributed by atoms with Crippen molar-refractivity contribution in [3.63, 3.8) is 0 Å². The molecular weight excluding hydrogens is 292 g/mol. The summed E-state index contributed by atoms with van der Waals surface area (Å²) < 4.78 is 11.6. The van der Waals surface area contributed by atoms with Gasteiger partial charge in [-0.15, -0.1) is 0 Å². The van der Waals surface area contributed by atoms with Gasteiger partial charge < -0.3 is 14.8 Å². The molecule has 3 rings (SSSR count). The Kier molecular flexibility index (Phi) is 3.53. The Morgan fingerprint density at radius 3 is 2.81 bits per heavy atom. The number of fused-ring (bicyclic) bond motifs is 1. The van der Waals surface area contributed by atoms with Crippen molar-refractivity contribution in [3.8, 4) is 11.6 Å². The van der Waals surface area contributed by atoms with Crippen LogP contribution in [0.3, 0.4) is 0 Å². The normalized spacial score (nSPS) is 13.4. The first-order valence-corrected chi connectivity index (χ1v) is 6.83. The molecular formula is C13H12N4O3S. The topological polar surface area (TPSA) is 76.6 Å². The second-order valence-corrected chi connectivity index (χ2v) is 5.05. The molecule has 0 saturated heterocycles. The number of para-hydroxylation sites is 1. The van der Waals surface area contributed by atoms with Crippen LogP contribution in [0.1, 0.15) is 0 Å². The molecule has 8 heteroatoms. The van der Waals surface area contributed by atoms with Crippen molar-refractivity contribution in [3.05, 3.63) is 30.5 Å². The van der Waals surface area contributed by atoms with E-state index in [9.17, 15) is 4.79 Å². The van der Waals surface area contributed by atoms with Crippen LogP contribution in [0.25, 0.3) is 0 Å². The lowest BCUT2D eigenvalue weighted by Crippen LogP contribution is -2.33. The van der Waals surface area contributed by atoms with Crippen molar-refractivity contribution >= 4 is 29.6 Å². The number of hydrogen-bond acceptors (Lipinski definition) is 6. The van der Waals surface area contributed by atoms with E-state index in [0.29, 0.717) is 5.75 Å². The van der Waals surface area contributed by atoms with E-state index in [1.54, 1.807) is 0 Å². The Bertz CT molecular complexity index is 695. The lowest BCUT2D eigenvalue weighted by Gasteiger charge is -2.26. The molecule has 0 unspecified atom stereocenters. The molecule has 1 aliphatic heterocycles. The number of methoxy groups -OCH3 is 2. The molecule has 2 amide bonds. The number of nitrogens with zero attached hydrogens (tertiary/aromatic N) is 3. The first-order valence-electron chi connectivity index (χ1n) is 6.06. The van der Waals surface area contributed by atoms with Crippen LogP contribution in [0.15, 0.2) is 35.4 Å². The fourth-order valence-corrected chi connectivity index (χ4v) is 2.67. The molecule has 2 heterocycles. The van der Waals surface area contributed by atoms with Crippen LogP contribution >= 0.6 is 11.9 Å². The highest BCUT2D eigenvalue weighted by Crippen LogP contribution is 2.37. The SMILES string of the molecule is COc1cnc(N2Sc3ccccc3NC2=O)nc1OC. The zero-order valence-corrected chi connectivity index (χ0v) is 12.2. The van der Waals surface area contributed by atoms with Crippen molar-refractivity contribution in [2.75, 3.05) is 23.8 Å². The lowest BCUT2D eigenvalue weighted by molar-refractivity contribution is 0.259. The minimum Gasteiger partial charge on any atom is -0.490 e. The fourth-order valence-electron chi connectivity index (χ4n) is 1.82. The summed E-state index contributed by atoms with van der Waals surface area (Å²) in [5.41, 5.74) is 0.768. The van der Waals surface area contributed by atoms with Gasteiger partial charge in [0, 0.05) is 11.9 Å². The van der Waals surface area contributed by atoms with Gasteiger partial charge in [0.2, 0.25) is 5.95 Å². The molecule has 0 aliphatic carbocycles. The highest BCUT2D eigenvalue weighted by atomic mass is 32.2. The third-order valence-corrected chi connectivity index (χ3v) is 3.87. The number of aromatic nitrogens is 2. The second-order valence-electron chi connectivity index (χ2n) is 4.06. The molecule has 21 heavy (non-hydrogen) atoms. The summed E-state index contributed by atoms with van der Waals surface area (Å²) in [6.45, 7) is 0. The molecule has 0 bridgehead atoms. The highest BCUT2D eigenvalue weighted by molar-refractivity contribution is 8.01. The van der Waals surface area contributed by atoms with E-state index < -0.39 is 0 Å². The van der Waals surface area contributed by atoms with Gasteiger partial charge in [0.1, 0.15) is 0 Å². The minimum absolute atomic E-state index is 0.227. The van der Waals surface area contributed by atoms with E-state index >= 15 is 0 Å². The number of urea groups is 1. The molecule has 108 valence electrons. The fraction of sp³-hybridized carbons (Fsp3) is 0.154. The van der Waals surface area contributed by atoms with Gasteiger partial charge in [-0.3, -0.25) is 0 Å². The van der Waals surface area contributed by atoms with Crippen molar-refractivity contribution < 1.29 is 14.3 Å². The number of ether oxygens (including phenoxy) is 2. The number of carbonyl (C=O) groups is 1. The van der Waals surface area contributed by atoms with E-state index in [2.05, 4.69) is 15.3 Å². The summed E-state index contributed by atoms with van der Waals surface area (Å²) in [6.07, 6.45) is 1.47. The lowest BCUT2D eigenvalue weighted by atomic mass is 10.3. The van der Waals surface area contributed by atoms with Crippen LogP contribution in [0, 0.1) is 0 Å². The van der Waals surface area contributed by atoms with Gasteiger partial charge in [-0.2, -0.15) is 9.29 Å². The van der Waals surface area contributed by atoms with E-state index in [4.69, 9.17) is 9.47 Å². The summed E-state index contributed by atoms with van der Waals surface area (Å²) in [5, 5.41) is 2.79. The Hall–Kier alpha value is -2.48. The van der Waals surface area contributed by atoms with Crippen LogP contribution in [-0.4, -0.2) is 30.2 Å². The second kappa shape index (κ2) is 5.49. The summed E-state index contributed by atoms with van der Waals surface area (Å²) in [7, 11) is 2.98. The molecule has 1 aromatic heterocycles. The van der Waals surface area contributed by atoms with Gasteiger partial charge in [0.05, 0.1) is 31.0 Å². The van der Waals surface area contributed by atoms with E-state index in [0.717, 1.165) is 10.6 Å². The molecule has 1 aromatic carbocycles. The van der Waals surface area contributed by atoms with E-state index in [-0.39, 0.29) is 17.9 Å². The van der Waals surface area contributed by atoms with Crippen LogP contribution in [0.5, 0.6) is 11.6 Å². The summed E-state index contributed by atoms with van der Waals surface area (Å²) in [4.78, 5) is 21.4. The van der Waals surface area contributed by atoms with Crippen molar-refractivity contribution in [2.24, 2.45) is 0 Å². The van der Waals surface area contributed by atoms with Crippen LogP contribution in [0.4, 0.5) is 16.4 Å². The number of benzene rings is 1. The maximum absolute atomic E-state index is 12.2. The Labute approximate surface area is 125 Å². The zero-order chi connectivity index (χ0) is 14.8. The van der Waals surface area contributed by atoms with Crippen molar-refractivity contribution in [1.82, 2.24) is 9.97 Å². The molecule has 0 fully saturated rings. The molecule has 1 N–H and O–H groups in total. The average Bonchev–Trinajstić information content (AvgIpc) is 2.53. The average molecular weight is 304 g/mol.